The van der Waals surface area contributed by atoms with Gasteiger partial charge in [0.05, 0.1) is 29.9 Å². The average Bonchev–Trinajstić information content (AvgIpc) is 2.71. The Morgan fingerprint density at radius 2 is 2.06 bits per heavy atom. The Kier molecular flexibility index (Phi) is 6.99. The number of carbonyl (C=O) groups excluding carboxylic acids is 3. The van der Waals surface area contributed by atoms with Crippen LogP contribution in [0.5, 0.6) is 5.75 Å². The van der Waals surface area contributed by atoms with Gasteiger partial charge in [-0.25, -0.2) is 15.0 Å². The third kappa shape index (κ3) is 5.67. The molecule has 0 unspecified atom stereocenters. The Bertz CT molecular complexity index is 1120. The predicted octanol–water partition coefficient (Wildman–Crippen LogP) is 2.26. The first-order chi connectivity index (χ1) is 14.9. The molecule has 0 radical (unpaired) electrons. The van der Waals surface area contributed by atoms with Gasteiger partial charge in [0.15, 0.2) is 11.6 Å². The molecule has 0 aliphatic heterocycles. The first-order valence-electron chi connectivity index (χ1n) is 9.74. The SMILES string of the molecule is CCOc1cc2ncnc(N=C3CC(=O)C=CC3=O)c2cc1NC(=O)C=CCN(C)C. The zero-order valence-electron chi connectivity index (χ0n) is 17.6. The van der Waals surface area contributed by atoms with Gasteiger partial charge >= 0.3 is 0 Å². The summed E-state index contributed by atoms with van der Waals surface area (Å²) in [5.74, 6) is -0.165. The fourth-order valence-electron chi connectivity index (χ4n) is 2.88. The van der Waals surface area contributed by atoms with Gasteiger partial charge in [0.2, 0.25) is 11.7 Å². The summed E-state index contributed by atoms with van der Waals surface area (Å²) in [6.07, 6.45) is 6.87. The number of fused-ring (bicyclic) bond motifs is 1. The van der Waals surface area contributed by atoms with Gasteiger partial charge in [-0.05, 0) is 39.2 Å². The Balaban J connectivity index is 2.01. The van der Waals surface area contributed by atoms with Crippen molar-refractivity contribution in [2.45, 2.75) is 13.3 Å². The summed E-state index contributed by atoms with van der Waals surface area (Å²) in [6, 6.07) is 3.33. The second-order valence-corrected chi connectivity index (χ2v) is 7.05. The van der Waals surface area contributed by atoms with E-state index >= 15 is 0 Å². The van der Waals surface area contributed by atoms with Gasteiger partial charge in [0, 0.05) is 24.1 Å². The number of ether oxygens (including phenoxy) is 1. The van der Waals surface area contributed by atoms with Gasteiger partial charge in [-0.1, -0.05) is 6.08 Å². The molecule has 0 fully saturated rings. The largest absolute Gasteiger partial charge is 0.492 e. The van der Waals surface area contributed by atoms with Crippen molar-refractivity contribution in [1.29, 1.82) is 0 Å². The van der Waals surface area contributed by atoms with E-state index < -0.39 is 0 Å². The van der Waals surface area contributed by atoms with E-state index in [9.17, 15) is 14.4 Å². The number of likely N-dealkylation sites (N-methyl/N-ethyl adjacent to an activating group) is 1. The first-order valence-corrected chi connectivity index (χ1v) is 9.74. The van der Waals surface area contributed by atoms with Crippen LogP contribution in [0.25, 0.3) is 10.9 Å². The first kappa shape index (κ1) is 22.0. The highest BCUT2D eigenvalue weighted by molar-refractivity contribution is 6.49. The van der Waals surface area contributed by atoms with Gasteiger partial charge in [0.25, 0.3) is 0 Å². The van der Waals surface area contributed by atoms with Crippen LogP contribution in [0.15, 0.2) is 47.8 Å². The number of hydrogen-bond donors (Lipinski definition) is 1. The lowest BCUT2D eigenvalue weighted by molar-refractivity contribution is -0.116. The second-order valence-electron chi connectivity index (χ2n) is 7.05. The van der Waals surface area contributed by atoms with E-state index in [0.29, 0.717) is 35.5 Å². The van der Waals surface area contributed by atoms with Crippen molar-refractivity contribution >= 4 is 45.6 Å². The number of aliphatic imine (C=N–C) groups is 1. The zero-order valence-corrected chi connectivity index (χ0v) is 17.6. The highest BCUT2D eigenvalue weighted by Gasteiger charge is 2.19. The van der Waals surface area contributed by atoms with Crippen LogP contribution in [0.2, 0.25) is 0 Å². The van der Waals surface area contributed by atoms with Crippen molar-refractivity contribution in [2.75, 3.05) is 32.6 Å². The standard InChI is InChI=1S/C22H23N5O4/c1-4-31-20-12-16-15(11-18(20)25-21(30)6-5-9-27(2)3)22(24-13-23-16)26-17-10-14(28)7-8-19(17)29/h5-8,11-13H,4,9-10H2,1-3H3,(H,25,30). The number of ketones is 2. The number of nitrogens with one attached hydrogen (secondary N) is 1. The molecule has 3 rings (SSSR count). The molecule has 9 nitrogen and oxygen atoms in total. The van der Waals surface area contributed by atoms with E-state index in [1.54, 1.807) is 18.2 Å². The van der Waals surface area contributed by atoms with Crippen molar-refractivity contribution in [3.05, 3.63) is 42.8 Å². The van der Waals surface area contributed by atoms with Gasteiger partial charge < -0.3 is 15.0 Å². The number of anilines is 1. The van der Waals surface area contributed by atoms with Crippen LogP contribution < -0.4 is 10.1 Å². The predicted molar refractivity (Wildman–Crippen MR) is 118 cm³/mol. The van der Waals surface area contributed by atoms with Crippen molar-refractivity contribution in [1.82, 2.24) is 14.9 Å². The molecule has 9 heteroatoms. The minimum Gasteiger partial charge on any atom is -0.492 e. The van der Waals surface area contributed by atoms with Crippen molar-refractivity contribution < 1.29 is 19.1 Å². The smallest absolute Gasteiger partial charge is 0.248 e. The van der Waals surface area contributed by atoms with Gasteiger partial charge in [-0.2, -0.15) is 0 Å². The van der Waals surface area contributed by atoms with E-state index in [2.05, 4.69) is 20.3 Å². The Labute approximate surface area is 179 Å². The normalized spacial score (nSPS) is 15.4. The number of carbonyl (C=O) groups is 3. The molecule has 1 aromatic carbocycles. The molecule has 0 saturated carbocycles. The molecule has 1 heterocycles. The molecule has 160 valence electrons. The molecule has 1 aliphatic rings. The van der Waals surface area contributed by atoms with E-state index in [1.807, 2.05) is 25.9 Å². The van der Waals surface area contributed by atoms with Crippen LogP contribution >= 0.6 is 0 Å². The van der Waals surface area contributed by atoms with Crippen LogP contribution in [-0.4, -0.2) is 65.3 Å². The minimum absolute atomic E-state index is 0.0852. The summed E-state index contributed by atoms with van der Waals surface area (Å²) in [4.78, 5) is 50.7. The second kappa shape index (κ2) is 9.86. The van der Waals surface area contributed by atoms with E-state index in [1.165, 1.54) is 24.6 Å². The van der Waals surface area contributed by atoms with Crippen molar-refractivity contribution in [3.8, 4) is 5.75 Å². The molecule has 1 amide bonds. The van der Waals surface area contributed by atoms with E-state index in [0.717, 1.165) is 0 Å². The number of allylic oxidation sites excluding steroid dienone is 2. The van der Waals surface area contributed by atoms with E-state index in [4.69, 9.17) is 4.74 Å². The molecule has 0 saturated heterocycles. The van der Waals surface area contributed by atoms with E-state index in [-0.39, 0.29) is 35.4 Å². The molecular weight excluding hydrogens is 398 g/mol. The number of amides is 1. The molecule has 0 bridgehead atoms. The van der Waals surface area contributed by atoms with Crippen LogP contribution in [0.4, 0.5) is 11.5 Å². The molecule has 0 spiro atoms. The summed E-state index contributed by atoms with van der Waals surface area (Å²) in [5.41, 5.74) is 1.07. The van der Waals surface area contributed by atoms with Crippen LogP contribution in [0, 0.1) is 0 Å². The van der Waals surface area contributed by atoms with Crippen LogP contribution in [0.3, 0.4) is 0 Å². The molecule has 31 heavy (non-hydrogen) atoms. The maximum absolute atomic E-state index is 12.3. The highest BCUT2D eigenvalue weighted by atomic mass is 16.5. The summed E-state index contributed by atoms with van der Waals surface area (Å²) in [5, 5.41) is 3.32. The maximum atomic E-state index is 12.3. The number of aromatic nitrogens is 2. The van der Waals surface area contributed by atoms with Gasteiger partial charge in [-0.15, -0.1) is 0 Å². The molecule has 1 aromatic heterocycles. The lowest BCUT2D eigenvalue weighted by atomic mass is 10.0. The Morgan fingerprint density at radius 1 is 1.26 bits per heavy atom. The Morgan fingerprint density at radius 3 is 2.81 bits per heavy atom. The third-order valence-electron chi connectivity index (χ3n) is 4.30. The number of hydrogen-bond acceptors (Lipinski definition) is 8. The van der Waals surface area contributed by atoms with Crippen molar-refractivity contribution in [2.24, 2.45) is 4.99 Å². The maximum Gasteiger partial charge on any atom is 0.248 e. The quantitative estimate of drug-likeness (QED) is 0.682. The monoisotopic (exact) mass is 421 g/mol. The van der Waals surface area contributed by atoms with Crippen LogP contribution in [0.1, 0.15) is 13.3 Å². The molecule has 1 aliphatic carbocycles. The lowest BCUT2D eigenvalue weighted by Crippen LogP contribution is -2.20. The van der Waals surface area contributed by atoms with Gasteiger partial charge in [0.1, 0.15) is 12.1 Å². The summed E-state index contributed by atoms with van der Waals surface area (Å²) in [6.45, 7) is 2.86. The fourth-order valence-corrected chi connectivity index (χ4v) is 2.88. The number of benzene rings is 1. The molecule has 0 atom stereocenters. The number of nitrogens with zero attached hydrogens (tertiary/aromatic N) is 4. The van der Waals surface area contributed by atoms with Gasteiger partial charge in [-0.3, -0.25) is 14.4 Å². The molecule has 1 N–H and O–H groups in total. The third-order valence-corrected chi connectivity index (χ3v) is 4.30. The zero-order chi connectivity index (χ0) is 22.4. The molecular formula is C22H23N5O4. The van der Waals surface area contributed by atoms with Crippen molar-refractivity contribution in [3.63, 3.8) is 0 Å². The molecule has 2 aromatic rings. The lowest BCUT2D eigenvalue weighted by Gasteiger charge is -2.13. The highest BCUT2D eigenvalue weighted by Crippen LogP contribution is 2.33. The fraction of sp³-hybridized carbons (Fsp3) is 0.273. The Hall–Kier alpha value is -3.72. The topological polar surface area (TPSA) is 114 Å². The minimum atomic E-state index is -0.336. The summed E-state index contributed by atoms with van der Waals surface area (Å²) in [7, 11) is 3.81. The summed E-state index contributed by atoms with van der Waals surface area (Å²) >= 11 is 0. The number of rotatable bonds is 7. The van der Waals surface area contributed by atoms with Crippen LogP contribution in [-0.2, 0) is 14.4 Å². The average molecular weight is 421 g/mol. The summed E-state index contributed by atoms with van der Waals surface area (Å²) < 4.78 is 5.66.